The van der Waals surface area contributed by atoms with Crippen LogP contribution in [-0.4, -0.2) is 5.25 Å². The first-order chi connectivity index (χ1) is 4.30. The monoisotopic (exact) mass is 144 g/mol. The predicted octanol–water partition coefficient (Wildman–Crippen LogP) is 2.89. The average molecular weight is 144 g/mol. The van der Waals surface area contributed by atoms with Crippen molar-refractivity contribution in [3.63, 3.8) is 0 Å². The Balaban J connectivity index is 2.32. The maximum atomic E-state index is 4.53. The molecule has 0 aliphatic heterocycles. The summed E-state index contributed by atoms with van der Waals surface area (Å²) < 4.78 is 0. The van der Waals surface area contributed by atoms with E-state index in [1.54, 1.807) is 0 Å². The molecule has 0 nitrogen and oxygen atoms in total. The summed E-state index contributed by atoms with van der Waals surface area (Å²) in [6.45, 7) is 2.32. The van der Waals surface area contributed by atoms with Crippen LogP contribution in [0.5, 0.6) is 0 Å². The largest absolute Gasteiger partial charge is 0.176 e. The Morgan fingerprint density at radius 2 is 1.78 bits per heavy atom. The minimum atomic E-state index is 0.687. The minimum Gasteiger partial charge on any atom is -0.176 e. The van der Waals surface area contributed by atoms with Gasteiger partial charge in [0.2, 0.25) is 0 Å². The van der Waals surface area contributed by atoms with Crippen LogP contribution >= 0.6 is 12.6 Å². The lowest BCUT2D eigenvalue weighted by Gasteiger charge is -2.13. The molecule has 1 rings (SSSR count). The van der Waals surface area contributed by atoms with Gasteiger partial charge in [-0.2, -0.15) is 12.6 Å². The fourth-order valence-corrected chi connectivity index (χ4v) is 1.81. The number of hydrogen-bond acceptors (Lipinski definition) is 1. The number of thiol groups is 1. The van der Waals surface area contributed by atoms with E-state index in [2.05, 4.69) is 19.6 Å². The lowest BCUT2D eigenvalue weighted by atomic mass is 10.0. The molecule has 0 aromatic heterocycles. The highest BCUT2D eigenvalue weighted by Gasteiger charge is 2.15. The quantitative estimate of drug-likeness (QED) is 0.392. The van der Waals surface area contributed by atoms with E-state index in [0.717, 1.165) is 5.92 Å². The zero-order valence-electron chi connectivity index (χ0n) is 6.14. The highest BCUT2D eigenvalue weighted by Crippen LogP contribution is 2.26. The molecule has 2 atom stereocenters. The van der Waals surface area contributed by atoms with E-state index in [9.17, 15) is 0 Å². The van der Waals surface area contributed by atoms with Crippen molar-refractivity contribution >= 4 is 12.6 Å². The third-order valence-electron chi connectivity index (χ3n) is 2.32. The summed E-state index contributed by atoms with van der Waals surface area (Å²) >= 11 is 4.53. The SMILES string of the molecule is CC1CCCCCC1S. The molecule has 1 aliphatic rings. The lowest BCUT2D eigenvalue weighted by Crippen LogP contribution is -2.08. The molecule has 0 saturated heterocycles. The molecule has 0 bridgehead atoms. The molecule has 2 unspecified atom stereocenters. The van der Waals surface area contributed by atoms with Crippen LogP contribution < -0.4 is 0 Å². The molecule has 1 fully saturated rings. The van der Waals surface area contributed by atoms with Crippen molar-refractivity contribution in [2.24, 2.45) is 5.92 Å². The summed E-state index contributed by atoms with van der Waals surface area (Å²) in [7, 11) is 0. The van der Waals surface area contributed by atoms with Crippen molar-refractivity contribution in [2.45, 2.75) is 44.3 Å². The van der Waals surface area contributed by atoms with Crippen molar-refractivity contribution in [1.29, 1.82) is 0 Å². The van der Waals surface area contributed by atoms with Gasteiger partial charge in [0.25, 0.3) is 0 Å². The van der Waals surface area contributed by atoms with Gasteiger partial charge in [0.1, 0.15) is 0 Å². The molecule has 0 N–H and O–H groups in total. The Labute approximate surface area is 63.4 Å². The average Bonchev–Trinajstić information content (AvgIpc) is 1.99. The molecule has 54 valence electrons. The first kappa shape index (κ1) is 7.46. The van der Waals surface area contributed by atoms with Gasteiger partial charge in [-0.15, -0.1) is 0 Å². The predicted molar refractivity (Wildman–Crippen MR) is 45.0 cm³/mol. The molecular formula is C8H16S. The van der Waals surface area contributed by atoms with Crippen LogP contribution in [-0.2, 0) is 0 Å². The second kappa shape index (κ2) is 3.50. The molecular weight excluding hydrogens is 128 g/mol. The van der Waals surface area contributed by atoms with Crippen molar-refractivity contribution in [3.05, 3.63) is 0 Å². The summed E-state index contributed by atoms with van der Waals surface area (Å²) in [4.78, 5) is 0. The molecule has 1 saturated carbocycles. The third-order valence-corrected chi connectivity index (χ3v) is 3.08. The summed E-state index contributed by atoms with van der Waals surface area (Å²) in [6.07, 6.45) is 7.00. The van der Waals surface area contributed by atoms with Crippen LogP contribution in [0.3, 0.4) is 0 Å². The van der Waals surface area contributed by atoms with Gasteiger partial charge in [0, 0.05) is 5.25 Å². The normalized spacial score (nSPS) is 38.0. The second-order valence-electron chi connectivity index (χ2n) is 3.18. The van der Waals surface area contributed by atoms with Crippen LogP contribution in [0.1, 0.15) is 39.0 Å². The van der Waals surface area contributed by atoms with E-state index < -0.39 is 0 Å². The van der Waals surface area contributed by atoms with Crippen molar-refractivity contribution in [2.75, 3.05) is 0 Å². The lowest BCUT2D eigenvalue weighted by molar-refractivity contribution is 0.520. The van der Waals surface area contributed by atoms with Crippen LogP contribution in [0.15, 0.2) is 0 Å². The van der Waals surface area contributed by atoms with Crippen LogP contribution in [0, 0.1) is 5.92 Å². The Hall–Kier alpha value is 0.350. The molecule has 1 aliphatic carbocycles. The molecule has 0 radical (unpaired) electrons. The zero-order chi connectivity index (χ0) is 6.69. The van der Waals surface area contributed by atoms with E-state index in [0.29, 0.717) is 5.25 Å². The summed E-state index contributed by atoms with van der Waals surface area (Å²) in [5.74, 6) is 0.857. The highest BCUT2D eigenvalue weighted by atomic mass is 32.1. The molecule has 0 spiro atoms. The van der Waals surface area contributed by atoms with Crippen LogP contribution in [0.4, 0.5) is 0 Å². The molecule has 0 heterocycles. The van der Waals surface area contributed by atoms with E-state index >= 15 is 0 Å². The molecule has 0 amide bonds. The first-order valence-corrected chi connectivity index (χ1v) is 4.50. The first-order valence-electron chi connectivity index (χ1n) is 3.99. The third kappa shape index (κ3) is 2.21. The maximum absolute atomic E-state index is 4.53. The van der Waals surface area contributed by atoms with E-state index in [1.165, 1.54) is 32.1 Å². The molecule has 0 aromatic carbocycles. The number of hydrogen-bond donors (Lipinski definition) is 1. The van der Waals surface area contributed by atoms with Crippen LogP contribution in [0.25, 0.3) is 0 Å². The van der Waals surface area contributed by atoms with Gasteiger partial charge in [-0.25, -0.2) is 0 Å². The van der Waals surface area contributed by atoms with Gasteiger partial charge in [-0.05, 0) is 18.8 Å². The zero-order valence-corrected chi connectivity index (χ0v) is 7.03. The fraction of sp³-hybridized carbons (Fsp3) is 1.00. The summed E-state index contributed by atoms with van der Waals surface area (Å²) in [5.41, 5.74) is 0. The van der Waals surface area contributed by atoms with E-state index in [-0.39, 0.29) is 0 Å². The van der Waals surface area contributed by atoms with Crippen LogP contribution in [0.2, 0.25) is 0 Å². The van der Waals surface area contributed by atoms with Gasteiger partial charge in [0.05, 0.1) is 0 Å². The van der Waals surface area contributed by atoms with E-state index in [1.807, 2.05) is 0 Å². The van der Waals surface area contributed by atoms with Gasteiger partial charge in [-0.1, -0.05) is 26.2 Å². The molecule has 0 aromatic rings. The van der Waals surface area contributed by atoms with Gasteiger partial charge >= 0.3 is 0 Å². The molecule has 9 heavy (non-hydrogen) atoms. The highest BCUT2D eigenvalue weighted by molar-refractivity contribution is 7.81. The number of rotatable bonds is 0. The smallest absolute Gasteiger partial charge is 0.00424 e. The van der Waals surface area contributed by atoms with Crippen molar-refractivity contribution < 1.29 is 0 Å². The van der Waals surface area contributed by atoms with Crippen molar-refractivity contribution in [1.82, 2.24) is 0 Å². The Kier molecular flexibility index (Phi) is 2.90. The molecule has 1 heteroatoms. The minimum absolute atomic E-state index is 0.687. The maximum Gasteiger partial charge on any atom is 0.00424 e. The standard InChI is InChI=1S/C8H16S/c1-7-5-3-2-4-6-8(7)9/h7-9H,2-6H2,1H3. The van der Waals surface area contributed by atoms with E-state index in [4.69, 9.17) is 0 Å². The summed E-state index contributed by atoms with van der Waals surface area (Å²) in [6, 6.07) is 0. The topological polar surface area (TPSA) is 0 Å². The Morgan fingerprint density at radius 3 is 2.56 bits per heavy atom. The van der Waals surface area contributed by atoms with Crippen molar-refractivity contribution in [3.8, 4) is 0 Å². The summed E-state index contributed by atoms with van der Waals surface area (Å²) in [5, 5.41) is 0.687. The Morgan fingerprint density at radius 1 is 1.11 bits per heavy atom. The van der Waals surface area contributed by atoms with Gasteiger partial charge < -0.3 is 0 Å². The van der Waals surface area contributed by atoms with Gasteiger partial charge in [0.15, 0.2) is 0 Å². The van der Waals surface area contributed by atoms with Gasteiger partial charge in [-0.3, -0.25) is 0 Å². The fourth-order valence-electron chi connectivity index (χ4n) is 1.47. The Bertz CT molecular complexity index is 70.6. The second-order valence-corrected chi connectivity index (χ2v) is 3.85.